The summed E-state index contributed by atoms with van der Waals surface area (Å²) in [7, 11) is 0. The first-order valence-electron chi connectivity index (χ1n) is 7.00. The monoisotopic (exact) mass is 269 g/mol. The summed E-state index contributed by atoms with van der Waals surface area (Å²) in [5.74, 6) is 0. The van der Waals surface area contributed by atoms with Crippen molar-refractivity contribution in [1.82, 2.24) is 0 Å². The molecule has 1 rings (SSSR count). The molecule has 0 aromatic heterocycles. The fourth-order valence-corrected chi connectivity index (χ4v) is 1.91. The van der Waals surface area contributed by atoms with Crippen molar-refractivity contribution in [2.75, 3.05) is 0 Å². The van der Waals surface area contributed by atoms with Gasteiger partial charge in [-0.15, -0.1) is 5.46 Å². The first-order valence-corrected chi connectivity index (χ1v) is 7.00. The molecule has 0 unspecified atom stereocenters. The zero-order valence-electron chi connectivity index (χ0n) is 11.4. The number of unbranched alkanes of at least 4 members (excludes halogenated alkanes) is 5. The van der Waals surface area contributed by atoms with E-state index in [1.807, 2.05) is 12.2 Å². The van der Waals surface area contributed by atoms with Crippen LogP contribution in [0.25, 0.3) is 6.08 Å². The maximum Gasteiger partial charge on any atom is 0.509 e. The second-order valence-corrected chi connectivity index (χ2v) is 4.85. The van der Waals surface area contributed by atoms with E-state index in [4.69, 9.17) is 0 Å². The molecule has 0 aliphatic heterocycles. The van der Waals surface area contributed by atoms with Gasteiger partial charge in [0.05, 0.1) is 0 Å². The number of halogens is 3. The van der Waals surface area contributed by atoms with Crippen molar-refractivity contribution in [3.05, 3.63) is 35.9 Å². The van der Waals surface area contributed by atoms with Gasteiger partial charge in [-0.05, 0) is 18.4 Å². The van der Waals surface area contributed by atoms with Gasteiger partial charge in [0.1, 0.15) is 0 Å². The van der Waals surface area contributed by atoms with E-state index in [1.165, 1.54) is 37.8 Å². The van der Waals surface area contributed by atoms with Crippen LogP contribution in [0, 0.1) is 0 Å². The molecule has 0 fully saturated rings. The molecule has 19 heavy (non-hydrogen) atoms. The molecule has 0 aliphatic carbocycles. The smallest absolute Gasteiger partial charge is 0.445 e. The molecule has 0 atom stereocenters. The molecule has 0 bridgehead atoms. The number of allylic oxidation sites excluding steroid dienone is 1. The van der Waals surface area contributed by atoms with E-state index in [9.17, 15) is 12.9 Å². The summed E-state index contributed by atoms with van der Waals surface area (Å²) in [6.45, 7) is -2.69. The van der Waals surface area contributed by atoms with Gasteiger partial charge in [0.2, 0.25) is 0 Å². The minimum Gasteiger partial charge on any atom is -0.445 e. The molecule has 0 radical (unpaired) electrons. The van der Waals surface area contributed by atoms with Crippen LogP contribution in [0.3, 0.4) is 0 Å². The van der Waals surface area contributed by atoms with Crippen molar-refractivity contribution >= 4 is 18.5 Å². The highest BCUT2D eigenvalue weighted by atomic mass is 19.4. The fraction of sp³-hybridized carbons (Fsp3) is 0.467. The lowest BCUT2D eigenvalue weighted by Crippen LogP contribution is -2.33. The summed E-state index contributed by atoms with van der Waals surface area (Å²) in [5, 5.41) is 0. The molecule has 0 N–H and O–H groups in total. The third kappa shape index (κ3) is 6.51. The van der Waals surface area contributed by atoms with Crippen molar-refractivity contribution in [3.63, 3.8) is 0 Å². The number of benzene rings is 1. The van der Waals surface area contributed by atoms with Crippen LogP contribution in [0.4, 0.5) is 12.9 Å². The Morgan fingerprint density at radius 2 is 1.58 bits per heavy atom. The van der Waals surface area contributed by atoms with Gasteiger partial charge in [0, 0.05) is 0 Å². The number of hydrogen-bond acceptors (Lipinski definition) is 0. The van der Waals surface area contributed by atoms with Crippen LogP contribution in [0.1, 0.15) is 51.0 Å². The standard InChI is InChI=1S/C15H21BF3/c1-2-3-4-5-6-7-8-9-14-10-12-15(13-11-14)16(17,18)19/h8-13H,2-7H2,1H3/q-1/b9-8+. The fourth-order valence-electron chi connectivity index (χ4n) is 1.91. The minimum absolute atomic E-state index is 0.531. The quantitative estimate of drug-likeness (QED) is 0.454. The van der Waals surface area contributed by atoms with Crippen molar-refractivity contribution < 1.29 is 12.9 Å². The first-order chi connectivity index (χ1) is 9.04. The van der Waals surface area contributed by atoms with E-state index in [0.29, 0.717) is 0 Å². The Bertz CT molecular complexity index is 379. The molecular formula is C15H21BF3-. The molecule has 0 aliphatic rings. The zero-order valence-corrected chi connectivity index (χ0v) is 11.4. The van der Waals surface area contributed by atoms with Gasteiger partial charge in [-0.3, -0.25) is 0 Å². The lowest BCUT2D eigenvalue weighted by atomic mass is 9.80. The molecule has 0 nitrogen and oxygen atoms in total. The predicted octanol–water partition coefficient (Wildman–Crippen LogP) is 5.11. The summed E-state index contributed by atoms with van der Waals surface area (Å²) in [4.78, 5) is 0. The van der Waals surface area contributed by atoms with Gasteiger partial charge in [0.25, 0.3) is 0 Å². The minimum atomic E-state index is -4.87. The van der Waals surface area contributed by atoms with Crippen LogP contribution in [-0.4, -0.2) is 6.98 Å². The Labute approximate surface area is 113 Å². The first kappa shape index (κ1) is 15.9. The number of rotatable bonds is 8. The maximum absolute atomic E-state index is 12.4. The van der Waals surface area contributed by atoms with E-state index < -0.39 is 12.4 Å². The highest BCUT2D eigenvalue weighted by molar-refractivity contribution is 6.73. The lowest BCUT2D eigenvalue weighted by molar-refractivity contribution is 0.501. The Morgan fingerprint density at radius 1 is 0.947 bits per heavy atom. The average molecular weight is 269 g/mol. The van der Waals surface area contributed by atoms with Crippen LogP contribution in [0.15, 0.2) is 30.3 Å². The van der Waals surface area contributed by atoms with Gasteiger partial charge >= 0.3 is 6.98 Å². The van der Waals surface area contributed by atoms with E-state index >= 15 is 0 Å². The van der Waals surface area contributed by atoms with Crippen LogP contribution < -0.4 is 5.46 Å². The summed E-state index contributed by atoms with van der Waals surface area (Å²) in [6, 6.07) is 5.36. The van der Waals surface area contributed by atoms with Crippen molar-refractivity contribution in [2.24, 2.45) is 0 Å². The van der Waals surface area contributed by atoms with Crippen molar-refractivity contribution in [2.45, 2.75) is 45.4 Å². The molecule has 0 heterocycles. The van der Waals surface area contributed by atoms with Crippen molar-refractivity contribution in [1.29, 1.82) is 0 Å². The van der Waals surface area contributed by atoms with Gasteiger partial charge in [-0.2, -0.15) is 0 Å². The van der Waals surface area contributed by atoms with E-state index in [-0.39, 0.29) is 0 Å². The largest absolute Gasteiger partial charge is 0.509 e. The lowest BCUT2D eigenvalue weighted by Gasteiger charge is -2.14. The van der Waals surface area contributed by atoms with Gasteiger partial charge in [0.15, 0.2) is 0 Å². The van der Waals surface area contributed by atoms with E-state index in [0.717, 1.165) is 30.5 Å². The molecular weight excluding hydrogens is 248 g/mol. The second kappa shape index (κ2) is 8.08. The van der Waals surface area contributed by atoms with Crippen LogP contribution >= 0.6 is 0 Å². The maximum atomic E-state index is 12.4. The molecule has 1 aromatic rings. The van der Waals surface area contributed by atoms with Gasteiger partial charge in [-0.25, -0.2) is 0 Å². The molecule has 106 valence electrons. The van der Waals surface area contributed by atoms with E-state index in [1.54, 1.807) is 0 Å². The number of hydrogen-bond donors (Lipinski definition) is 0. The van der Waals surface area contributed by atoms with Gasteiger partial charge < -0.3 is 12.9 Å². The Hall–Kier alpha value is -1.19. The van der Waals surface area contributed by atoms with E-state index in [2.05, 4.69) is 6.92 Å². The van der Waals surface area contributed by atoms with Crippen LogP contribution in [0.2, 0.25) is 0 Å². The molecule has 1 aromatic carbocycles. The Morgan fingerprint density at radius 3 is 2.16 bits per heavy atom. The average Bonchev–Trinajstić information content (AvgIpc) is 2.37. The van der Waals surface area contributed by atoms with Crippen molar-refractivity contribution in [3.8, 4) is 0 Å². The SMILES string of the molecule is CCCCCCC/C=C/c1ccc([B-](F)(F)F)cc1. The summed E-state index contributed by atoms with van der Waals surface area (Å²) in [5.41, 5.74) is 0.300. The topological polar surface area (TPSA) is 0 Å². The molecule has 0 saturated heterocycles. The zero-order chi connectivity index (χ0) is 14.1. The summed E-state index contributed by atoms with van der Waals surface area (Å²) >= 11 is 0. The molecule has 0 spiro atoms. The molecule has 0 saturated carbocycles. The normalized spacial score (nSPS) is 12.2. The summed E-state index contributed by atoms with van der Waals surface area (Å²) < 4.78 is 37.3. The highest BCUT2D eigenvalue weighted by Crippen LogP contribution is 2.11. The second-order valence-electron chi connectivity index (χ2n) is 4.85. The summed E-state index contributed by atoms with van der Waals surface area (Å²) in [6.07, 6.45) is 11.1. The Balaban J connectivity index is 2.33. The third-order valence-corrected chi connectivity index (χ3v) is 3.10. The highest BCUT2D eigenvalue weighted by Gasteiger charge is 2.24. The Kier molecular flexibility index (Phi) is 6.75. The van der Waals surface area contributed by atoms with Gasteiger partial charge in [-0.1, -0.05) is 69.0 Å². The van der Waals surface area contributed by atoms with Crippen LogP contribution in [-0.2, 0) is 0 Å². The third-order valence-electron chi connectivity index (χ3n) is 3.10. The predicted molar refractivity (Wildman–Crippen MR) is 77.6 cm³/mol. The molecule has 0 amide bonds. The van der Waals surface area contributed by atoms with Crippen LogP contribution in [0.5, 0.6) is 0 Å². The molecule has 4 heteroatoms.